The number of rotatable bonds is 5. The number of halogens is 3. The van der Waals surface area contributed by atoms with Crippen LogP contribution >= 0.6 is 22.9 Å². The minimum Gasteiger partial charge on any atom is -0.507 e. The number of thiophene rings is 1. The molecule has 2 heterocycles. The fourth-order valence-corrected chi connectivity index (χ4v) is 4.58. The summed E-state index contributed by atoms with van der Waals surface area (Å²) in [7, 11) is 1.45. The Morgan fingerprint density at radius 3 is 2.56 bits per heavy atom. The van der Waals surface area contributed by atoms with Gasteiger partial charge in [0.2, 0.25) is 0 Å². The fraction of sp³-hybridized carbons (Fsp3) is 0.130. The highest BCUT2D eigenvalue weighted by Gasteiger charge is 2.46. The topological polar surface area (TPSA) is 66.8 Å². The number of hydrogen-bond acceptors (Lipinski definition) is 5. The maximum atomic E-state index is 13.8. The van der Waals surface area contributed by atoms with Crippen LogP contribution in [0.25, 0.3) is 5.76 Å². The molecule has 164 valence electrons. The molecule has 4 rings (SSSR count). The largest absolute Gasteiger partial charge is 0.507 e. The minimum absolute atomic E-state index is 0.116. The second-order valence-electron chi connectivity index (χ2n) is 7.03. The molecule has 0 radical (unpaired) electrons. The van der Waals surface area contributed by atoms with Crippen LogP contribution in [0.1, 0.15) is 22.0 Å². The van der Waals surface area contributed by atoms with Crippen molar-refractivity contribution in [2.24, 2.45) is 0 Å². The number of benzene rings is 2. The highest BCUT2D eigenvalue weighted by atomic mass is 35.5. The van der Waals surface area contributed by atoms with E-state index in [0.717, 1.165) is 23.1 Å². The van der Waals surface area contributed by atoms with Gasteiger partial charge in [0.1, 0.15) is 11.5 Å². The highest BCUT2D eigenvalue weighted by Crippen LogP contribution is 2.42. The number of carbonyl (C=O) groups is 2. The van der Waals surface area contributed by atoms with Crippen LogP contribution in [0, 0.1) is 11.6 Å². The third-order valence-electron chi connectivity index (χ3n) is 5.13. The van der Waals surface area contributed by atoms with Crippen molar-refractivity contribution in [1.29, 1.82) is 0 Å². The average molecular weight is 476 g/mol. The van der Waals surface area contributed by atoms with Crippen molar-refractivity contribution in [2.75, 3.05) is 7.11 Å². The number of likely N-dealkylation sites (tertiary alicyclic amines) is 1. The first-order valence-electron chi connectivity index (χ1n) is 9.41. The van der Waals surface area contributed by atoms with Gasteiger partial charge in [0, 0.05) is 10.4 Å². The van der Waals surface area contributed by atoms with Gasteiger partial charge in [-0.1, -0.05) is 23.7 Å². The third-order valence-corrected chi connectivity index (χ3v) is 6.29. The fourth-order valence-electron chi connectivity index (χ4n) is 3.61. The highest BCUT2D eigenvalue weighted by molar-refractivity contribution is 7.09. The number of ketones is 1. The molecule has 1 aliphatic heterocycles. The summed E-state index contributed by atoms with van der Waals surface area (Å²) in [5, 5.41) is 13.0. The number of carbonyl (C=O) groups excluding carboxylic acids is 2. The Labute approximate surface area is 191 Å². The lowest BCUT2D eigenvalue weighted by molar-refractivity contribution is -0.140. The standard InChI is InChI=1S/C23H16ClF2NO4S/c1-31-18-7-5-12(9-15(18)24)20-19(21(28)13-4-6-16(25)17(26)10-13)22(29)23(30)27(20)11-14-3-2-8-32-14/h2-10,20,28H,11H2,1H3/b21-19+. The second-order valence-corrected chi connectivity index (χ2v) is 8.47. The third kappa shape index (κ3) is 3.87. The zero-order valence-corrected chi connectivity index (χ0v) is 18.2. The second kappa shape index (κ2) is 8.72. The van der Waals surface area contributed by atoms with E-state index in [2.05, 4.69) is 0 Å². The van der Waals surface area contributed by atoms with E-state index in [4.69, 9.17) is 16.3 Å². The molecule has 1 aromatic heterocycles. The first-order valence-corrected chi connectivity index (χ1v) is 10.7. The van der Waals surface area contributed by atoms with Gasteiger partial charge in [0.05, 0.1) is 30.3 Å². The Morgan fingerprint density at radius 1 is 1.16 bits per heavy atom. The van der Waals surface area contributed by atoms with Gasteiger partial charge in [-0.05, 0) is 47.3 Å². The van der Waals surface area contributed by atoms with E-state index in [1.54, 1.807) is 12.1 Å². The lowest BCUT2D eigenvalue weighted by atomic mass is 9.95. The van der Waals surface area contributed by atoms with Gasteiger partial charge >= 0.3 is 0 Å². The van der Waals surface area contributed by atoms with Crippen molar-refractivity contribution < 1.29 is 28.2 Å². The van der Waals surface area contributed by atoms with Crippen LogP contribution in [0.5, 0.6) is 5.75 Å². The zero-order valence-electron chi connectivity index (χ0n) is 16.6. The zero-order chi connectivity index (χ0) is 23.0. The maximum Gasteiger partial charge on any atom is 0.295 e. The van der Waals surface area contributed by atoms with Gasteiger partial charge in [-0.3, -0.25) is 9.59 Å². The quantitative estimate of drug-likeness (QED) is 0.308. The molecule has 32 heavy (non-hydrogen) atoms. The molecular formula is C23H16ClF2NO4S. The molecule has 0 aliphatic carbocycles. The van der Waals surface area contributed by atoms with Gasteiger partial charge < -0.3 is 14.7 Å². The summed E-state index contributed by atoms with van der Waals surface area (Å²) in [6, 6.07) is 10.1. The Kier molecular flexibility index (Phi) is 5.99. The van der Waals surface area contributed by atoms with E-state index < -0.39 is 35.1 Å². The Morgan fingerprint density at radius 2 is 1.94 bits per heavy atom. The van der Waals surface area contributed by atoms with Crippen LogP contribution in [0.15, 0.2) is 59.5 Å². The molecule has 1 unspecified atom stereocenters. The van der Waals surface area contributed by atoms with E-state index in [1.165, 1.54) is 29.4 Å². The average Bonchev–Trinajstić information content (AvgIpc) is 3.37. The summed E-state index contributed by atoms with van der Waals surface area (Å²) in [6.07, 6.45) is 0. The van der Waals surface area contributed by atoms with Crippen molar-refractivity contribution in [2.45, 2.75) is 12.6 Å². The Balaban J connectivity index is 1.89. The molecule has 0 spiro atoms. The Bertz CT molecular complexity index is 1240. The molecule has 0 bridgehead atoms. The molecule has 3 aromatic rings. The first-order chi connectivity index (χ1) is 15.3. The van der Waals surface area contributed by atoms with Crippen LogP contribution in [0.3, 0.4) is 0 Å². The summed E-state index contributed by atoms with van der Waals surface area (Å²) in [6.45, 7) is 0.116. The van der Waals surface area contributed by atoms with Crippen LogP contribution < -0.4 is 4.74 Å². The number of methoxy groups -OCH3 is 1. The number of nitrogens with zero attached hydrogens (tertiary/aromatic N) is 1. The van der Waals surface area contributed by atoms with E-state index in [9.17, 15) is 23.5 Å². The monoisotopic (exact) mass is 475 g/mol. The summed E-state index contributed by atoms with van der Waals surface area (Å²) in [4.78, 5) is 28.0. The lowest BCUT2D eigenvalue weighted by Crippen LogP contribution is -2.28. The number of amides is 1. The predicted molar refractivity (Wildman–Crippen MR) is 117 cm³/mol. The van der Waals surface area contributed by atoms with Crippen molar-refractivity contribution in [1.82, 2.24) is 4.90 Å². The van der Waals surface area contributed by atoms with E-state index in [1.807, 2.05) is 17.5 Å². The smallest absolute Gasteiger partial charge is 0.295 e. The molecule has 5 nitrogen and oxygen atoms in total. The van der Waals surface area contributed by atoms with Gasteiger partial charge in [-0.2, -0.15) is 0 Å². The summed E-state index contributed by atoms with van der Waals surface area (Å²) in [5.74, 6) is -4.25. The van der Waals surface area contributed by atoms with Crippen LogP contribution in [0.2, 0.25) is 5.02 Å². The maximum absolute atomic E-state index is 13.8. The van der Waals surface area contributed by atoms with Crippen LogP contribution in [-0.4, -0.2) is 28.8 Å². The molecule has 1 amide bonds. The van der Waals surface area contributed by atoms with Crippen molar-refractivity contribution in [3.8, 4) is 5.75 Å². The van der Waals surface area contributed by atoms with E-state index >= 15 is 0 Å². The molecular weight excluding hydrogens is 460 g/mol. The molecule has 1 fully saturated rings. The summed E-state index contributed by atoms with van der Waals surface area (Å²) in [5.41, 5.74) is 0.0946. The van der Waals surface area contributed by atoms with E-state index in [0.29, 0.717) is 11.3 Å². The van der Waals surface area contributed by atoms with Crippen LogP contribution in [0.4, 0.5) is 8.78 Å². The SMILES string of the molecule is COc1ccc(C2/C(=C(\O)c3ccc(F)c(F)c3)C(=O)C(=O)N2Cc2cccs2)cc1Cl. The number of aliphatic hydroxyl groups is 1. The first kappa shape index (κ1) is 22.0. The number of ether oxygens (including phenoxy) is 1. The van der Waals surface area contributed by atoms with Crippen molar-refractivity contribution in [3.05, 3.63) is 92.1 Å². The molecule has 9 heteroatoms. The molecule has 1 aliphatic rings. The van der Waals surface area contributed by atoms with E-state index in [-0.39, 0.29) is 22.7 Å². The van der Waals surface area contributed by atoms with Crippen molar-refractivity contribution >= 4 is 40.4 Å². The van der Waals surface area contributed by atoms with Crippen LogP contribution in [-0.2, 0) is 16.1 Å². The van der Waals surface area contributed by atoms with Crippen molar-refractivity contribution in [3.63, 3.8) is 0 Å². The van der Waals surface area contributed by atoms with Gasteiger partial charge in [0.25, 0.3) is 11.7 Å². The molecule has 2 aromatic carbocycles. The van der Waals surface area contributed by atoms with Gasteiger partial charge in [-0.15, -0.1) is 11.3 Å². The minimum atomic E-state index is -1.19. The number of aliphatic hydroxyl groups excluding tert-OH is 1. The van der Waals surface area contributed by atoms with Gasteiger partial charge in [-0.25, -0.2) is 8.78 Å². The molecule has 1 N–H and O–H groups in total. The Hall–Kier alpha value is -3.23. The number of hydrogen-bond donors (Lipinski definition) is 1. The van der Waals surface area contributed by atoms with Gasteiger partial charge in [0.15, 0.2) is 11.6 Å². The lowest BCUT2D eigenvalue weighted by Gasteiger charge is -2.25. The molecule has 0 saturated carbocycles. The normalized spacial score (nSPS) is 17.8. The molecule has 1 atom stereocenters. The summed E-state index contributed by atoms with van der Waals surface area (Å²) >= 11 is 7.68. The predicted octanol–water partition coefficient (Wildman–Crippen LogP) is 5.31. The summed E-state index contributed by atoms with van der Waals surface area (Å²) < 4.78 is 32.3. The number of Topliss-reactive ketones (excluding diaryl/α,β-unsaturated/α-hetero) is 1. The molecule has 1 saturated heterocycles.